The summed E-state index contributed by atoms with van der Waals surface area (Å²) in [5, 5.41) is 0. The number of nitrogen functional groups attached to an aromatic ring is 1. The third-order valence-corrected chi connectivity index (χ3v) is 5.00. The summed E-state index contributed by atoms with van der Waals surface area (Å²) in [5.41, 5.74) is 13.0. The molecule has 2 aliphatic carbocycles. The number of anilines is 1. The van der Waals surface area contributed by atoms with E-state index in [4.69, 9.17) is 5.73 Å². The summed E-state index contributed by atoms with van der Waals surface area (Å²) in [5.74, 6) is 0. The first-order chi connectivity index (χ1) is 9.31. The topological polar surface area (TPSA) is 26.0 Å². The van der Waals surface area contributed by atoms with Crippen molar-refractivity contribution in [2.45, 2.75) is 37.5 Å². The van der Waals surface area contributed by atoms with E-state index < -0.39 is 0 Å². The lowest BCUT2D eigenvalue weighted by Crippen LogP contribution is -2.27. The van der Waals surface area contributed by atoms with Gasteiger partial charge in [0.25, 0.3) is 0 Å². The first-order valence-electron chi connectivity index (χ1n) is 7.31. The number of hydrogen-bond donors (Lipinski definition) is 1. The van der Waals surface area contributed by atoms with Gasteiger partial charge in [-0.2, -0.15) is 0 Å². The smallest absolute Gasteiger partial charge is 0.0320 e. The van der Waals surface area contributed by atoms with Crippen LogP contribution in [0, 0.1) is 0 Å². The molecule has 0 atom stereocenters. The zero-order valence-corrected chi connectivity index (χ0v) is 11.2. The largest absolute Gasteiger partial charge is 0.399 e. The number of hydrogen-bond acceptors (Lipinski definition) is 1. The van der Waals surface area contributed by atoms with E-state index >= 15 is 0 Å². The Morgan fingerprint density at radius 3 is 2.37 bits per heavy atom. The molecule has 2 aliphatic rings. The predicted molar refractivity (Wildman–Crippen MR) is 80.2 cm³/mol. The van der Waals surface area contributed by atoms with Crippen LogP contribution in [0.4, 0.5) is 5.69 Å². The SMILES string of the molecule is Nc1ccc2c(c1)-c1ccccc1C21CCCCC1. The summed E-state index contributed by atoms with van der Waals surface area (Å²) < 4.78 is 0. The standard InChI is InChI=1S/C18H19N/c19-13-8-9-17-15(12-13)14-6-2-3-7-16(14)18(17)10-4-1-5-11-18/h2-3,6-9,12H,1,4-5,10-11,19H2. The molecule has 1 spiro atoms. The van der Waals surface area contributed by atoms with Crippen LogP contribution in [-0.2, 0) is 5.41 Å². The lowest BCUT2D eigenvalue weighted by atomic mass is 9.68. The number of rotatable bonds is 0. The Morgan fingerprint density at radius 2 is 1.53 bits per heavy atom. The van der Waals surface area contributed by atoms with Crippen LogP contribution in [0.5, 0.6) is 0 Å². The molecule has 1 heteroatoms. The second-order valence-electron chi connectivity index (χ2n) is 5.99. The highest BCUT2D eigenvalue weighted by molar-refractivity contribution is 5.83. The maximum Gasteiger partial charge on any atom is 0.0320 e. The van der Waals surface area contributed by atoms with Gasteiger partial charge < -0.3 is 5.73 Å². The van der Waals surface area contributed by atoms with E-state index in [0.717, 1.165) is 5.69 Å². The van der Waals surface area contributed by atoms with Crippen molar-refractivity contribution in [3.63, 3.8) is 0 Å². The van der Waals surface area contributed by atoms with Crippen LogP contribution in [0.1, 0.15) is 43.2 Å². The van der Waals surface area contributed by atoms with Crippen LogP contribution in [0.25, 0.3) is 11.1 Å². The van der Waals surface area contributed by atoms with E-state index in [0.29, 0.717) is 0 Å². The Bertz CT molecular complexity index is 636. The summed E-state index contributed by atoms with van der Waals surface area (Å²) in [6, 6.07) is 15.4. The molecule has 1 nitrogen and oxygen atoms in total. The van der Waals surface area contributed by atoms with Gasteiger partial charge in [0, 0.05) is 11.1 Å². The van der Waals surface area contributed by atoms with Gasteiger partial charge in [-0.15, -0.1) is 0 Å². The number of benzene rings is 2. The Kier molecular flexibility index (Phi) is 2.26. The summed E-state index contributed by atoms with van der Waals surface area (Å²) in [4.78, 5) is 0. The molecule has 0 aliphatic heterocycles. The van der Waals surface area contributed by atoms with E-state index in [-0.39, 0.29) is 5.41 Å². The zero-order chi connectivity index (χ0) is 12.9. The highest BCUT2D eigenvalue weighted by atomic mass is 14.6. The van der Waals surface area contributed by atoms with E-state index in [9.17, 15) is 0 Å². The molecule has 4 rings (SSSR count). The van der Waals surface area contributed by atoms with Gasteiger partial charge in [-0.1, -0.05) is 49.6 Å². The molecule has 2 aromatic rings. The van der Waals surface area contributed by atoms with Crippen LogP contribution < -0.4 is 5.73 Å². The lowest BCUT2D eigenvalue weighted by molar-refractivity contribution is 0.353. The molecular weight excluding hydrogens is 230 g/mol. The third kappa shape index (κ3) is 1.42. The van der Waals surface area contributed by atoms with Crippen LogP contribution >= 0.6 is 0 Å². The van der Waals surface area contributed by atoms with Crippen molar-refractivity contribution in [1.29, 1.82) is 0 Å². The molecule has 0 unspecified atom stereocenters. The lowest BCUT2D eigenvalue weighted by Gasteiger charge is -2.35. The van der Waals surface area contributed by atoms with E-state index in [2.05, 4.69) is 42.5 Å². The molecule has 1 fully saturated rings. The molecule has 19 heavy (non-hydrogen) atoms. The molecule has 0 amide bonds. The molecular formula is C18H19N. The van der Waals surface area contributed by atoms with Crippen molar-refractivity contribution >= 4 is 5.69 Å². The monoisotopic (exact) mass is 249 g/mol. The second-order valence-corrected chi connectivity index (χ2v) is 5.99. The fourth-order valence-electron chi connectivity index (χ4n) is 4.18. The summed E-state index contributed by atoms with van der Waals surface area (Å²) in [7, 11) is 0. The molecule has 0 aromatic heterocycles. The summed E-state index contributed by atoms with van der Waals surface area (Å²) in [6.07, 6.45) is 6.66. The fourth-order valence-corrected chi connectivity index (χ4v) is 4.18. The van der Waals surface area contributed by atoms with Crippen LogP contribution in [0.3, 0.4) is 0 Å². The average Bonchev–Trinajstić information content (AvgIpc) is 2.71. The third-order valence-electron chi connectivity index (χ3n) is 5.00. The van der Waals surface area contributed by atoms with Gasteiger partial charge in [-0.25, -0.2) is 0 Å². The minimum atomic E-state index is 0.276. The minimum Gasteiger partial charge on any atom is -0.399 e. The highest BCUT2D eigenvalue weighted by Crippen LogP contribution is 2.55. The first-order valence-corrected chi connectivity index (χ1v) is 7.31. The van der Waals surface area contributed by atoms with E-state index in [1.54, 1.807) is 0 Å². The van der Waals surface area contributed by atoms with Gasteiger partial charge in [-0.05, 0) is 47.2 Å². The number of fused-ring (bicyclic) bond motifs is 5. The van der Waals surface area contributed by atoms with Crippen LogP contribution in [0.15, 0.2) is 42.5 Å². The van der Waals surface area contributed by atoms with Crippen LogP contribution in [-0.4, -0.2) is 0 Å². The molecule has 2 N–H and O–H groups in total. The zero-order valence-electron chi connectivity index (χ0n) is 11.2. The van der Waals surface area contributed by atoms with Crippen molar-refractivity contribution in [3.05, 3.63) is 53.6 Å². The molecule has 0 heterocycles. The molecule has 96 valence electrons. The second kappa shape index (κ2) is 3.86. The molecule has 0 radical (unpaired) electrons. The summed E-state index contributed by atoms with van der Waals surface area (Å²) >= 11 is 0. The molecule has 0 saturated heterocycles. The normalized spacial score (nSPS) is 19.2. The maximum absolute atomic E-state index is 6.01. The van der Waals surface area contributed by atoms with Gasteiger partial charge in [0.15, 0.2) is 0 Å². The minimum absolute atomic E-state index is 0.276. The Labute approximate surface area is 114 Å². The fraction of sp³-hybridized carbons (Fsp3) is 0.333. The van der Waals surface area contributed by atoms with Crippen LogP contribution in [0.2, 0.25) is 0 Å². The molecule has 0 bridgehead atoms. The summed E-state index contributed by atoms with van der Waals surface area (Å²) in [6.45, 7) is 0. The van der Waals surface area contributed by atoms with Crippen molar-refractivity contribution in [2.75, 3.05) is 5.73 Å². The van der Waals surface area contributed by atoms with E-state index in [1.807, 2.05) is 0 Å². The Balaban J connectivity index is 2.03. The van der Waals surface area contributed by atoms with Crippen molar-refractivity contribution < 1.29 is 0 Å². The van der Waals surface area contributed by atoms with Gasteiger partial charge in [0.05, 0.1) is 0 Å². The Morgan fingerprint density at radius 1 is 0.789 bits per heavy atom. The average molecular weight is 249 g/mol. The van der Waals surface area contributed by atoms with E-state index in [1.165, 1.54) is 54.4 Å². The molecule has 2 aromatic carbocycles. The van der Waals surface area contributed by atoms with Crippen molar-refractivity contribution in [1.82, 2.24) is 0 Å². The highest BCUT2D eigenvalue weighted by Gasteiger charge is 2.43. The van der Waals surface area contributed by atoms with Gasteiger partial charge in [-0.3, -0.25) is 0 Å². The first kappa shape index (κ1) is 11.1. The quantitative estimate of drug-likeness (QED) is 0.683. The molecule has 1 saturated carbocycles. The van der Waals surface area contributed by atoms with Gasteiger partial charge in [0.2, 0.25) is 0 Å². The van der Waals surface area contributed by atoms with Crippen molar-refractivity contribution in [2.24, 2.45) is 0 Å². The van der Waals surface area contributed by atoms with Crippen molar-refractivity contribution in [3.8, 4) is 11.1 Å². The Hall–Kier alpha value is -1.76. The number of nitrogens with two attached hydrogens (primary N) is 1. The predicted octanol–water partition coefficient (Wildman–Crippen LogP) is 4.50. The van der Waals surface area contributed by atoms with Gasteiger partial charge >= 0.3 is 0 Å². The van der Waals surface area contributed by atoms with Gasteiger partial charge in [0.1, 0.15) is 0 Å². The maximum atomic E-state index is 6.01.